The summed E-state index contributed by atoms with van der Waals surface area (Å²) < 4.78 is 11.0. The lowest BCUT2D eigenvalue weighted by Gasteiger charge is -2.35. The number of halogens is 1. The Labute approximate surface area is 208 Å². The normalized spacial score (nSPS) is 15.8. The van der Waals surface area contributed by atoms with Gasteiger partial charge in [-0.3, -0.25) is 4.90 Å². The highest BCUT2D eigenvalue weighted by Crippen LogP contribution is 2.39. The fraction of sp³-hybridized carbons (Fsp3) is 0.148. The van der Waals surface area contributed by atoms with Crippen LogP contribution in [0.4, 0.5) is 10.5 Å². The van der Waals surface area contributed by atoms with Crippen molar-refractivity contribution in [1.82, 2.24) is 15.5 Å². The van der Waals surface area contributed by atoms with Crippen molar-refractivity contribution < 1.29 is 14.1 Å². The van der Waals surface area contributed by atoms with Crippen molar-refractivity contribution in [1.29, 1.82) is 0 Å². The van der Waals surface area contributed by atoms with Gasteiger partial charge < -0.3 is 14.6 Å². The lowest BCUT2D eigenvalue weighted by atomic mass is 9.94. The first-order valence-electron chi connectivity index (χ1n) is 11.1. The molecule has 1 aliphatic rings. The number of carbonyl (C=O) groups is 1. The van der Waals surface area contributed by atoms with Crippen LogP contribution in [0.5, 0.6) is 5.75 Å². The van der Waals surface area contributed by atoms with Crippen LogP contribution in [0.15, 0.2) is 83.0 Å². The molecule has 0 saturated carbocycles. The van der Waals surface area contributed by atoms with Crippen LogP contribution in [0.25, 0.3) is 17.0 Å². The molecule has 7 nitrogen and oxygen atoms in total. The number of rotatable bonds is 5. The highest BCUT2D eigenvalue weighted by Gasteiger charge is 2.36. The van der Waals surface area contributed by atoms with E-state index in [1.54, 1.807) is 18.1 Å². The number of aryl methyl sites for hydroxylation is 1. The highest BCUT2D eigenvalue weighted by atomic mass is 35.5. The zero-order valence-electron chi connectivity index (χ0n) is 19.4. The maximum Gasteiger partial charge on any atom is 0.326 e. The third-order valence-corrected chi connectivity index (χ3v) is 6.45. The lowest BCUT2D eigenvalue weighted by molar-refractivity contribution is 0.244. The summed E-state index contributed by atoms with van der Waals surface area (Å²) in [5.74, 6) is 1.52. The number of allylic oxidation sites excluding steroid dienone is 1. The molecule has 0 fully saturated rings. The number of nitrogens with zero attached hydrogens (tertiary/aromatic N) is 3. The summed E-state index contributed by atoms with van der Waals surface area (Å²) in [5.41, 5.74) is 4.67. The van der Waals surface area contributed by atoms with Crippen LogP contribution in [0.3, 0.4) is 0 Å². The molecule has 1 unspecified atom stereocenters. The molecule has 3 aromatic carbocycles. The van der Waals surface area contributed by atoms with Crippen LogP contribution in [-0.2, 0) is 0 Å². The number of ether oxygens (including phenoxy) is 1. The monoisotopic (exact) mass is 486 g/mol. The smallest absolute Gasteiger partial charge is 0.326 e. The zero-order valence-corrected chi connectivity index (χ0v) is 20.2. The fourth-order valence-electron chi connectivity index (χ4n) is 4.18. The Morgan fingerprint density at radius 2 is 1.77 bits per heavy atom. The maximum absolute atomic E-state index is 13.3. The molecule has 0 aliphatic carbocycles. The van der Waals surface area contributed by atoms with Crippen LogP contribution in [0.2, 0.25) is 5.02 Å². The van der Waals surface area contributed by atoms with Crippen molar-refractivity contribution in [2.75, 3.05) is 12.0 Å². The Balaban J connectivity index is 1.63. The second-order valence-corrected chi connectivity index (χ2v) is 8.62. The molecule has 35 heavy (non-hydrogen) atoms. The molecular weight excluding hydrogens is 464 g/mol. The van der Waals surface area contributed by atoms with E-state index < -0.39 is 6.04 Å². The molecule has 0 spiro atoms. The van der Waals surface area contributed by atoms with E-state index in [-0.39, 0.29) is 6.03 Å². The van der Waals surface area contributed by atoms with Crippen molar-refractivity contribution in [3.63, 3.8) is 0 Å². The van der Waals surface area contributed by atoms with Gasteiger partial charge in [-0.2, -0.15) is 4.98 Å². The standard InChI is InChI=1S/C27H23ClN4O3/c1-16-15-20(11-14-22(16)28)32-17(2)23(24(29-27(32)33)18-7-5-4-6-8-18)26-30-25(31-35-26)19-9-12-21(34-3)13-10-19/h4-15,24H,1-3H3,(H,29,33). The van der Waals surface area contributed by atoms with Gasteiger partial charge in [0.1, 0.15) is 5.75 Å². The molecule has 1 aliphatic heterocycles. The van der Waals surface area contributed by atoms with Gasteiger partial charge in [-0.05, 0) is 67.4 Å². The number of benzene rings is 3. The Kier molecular flexibility index (Phi) is 6.01. The van der Waals surface area contributed by atoms with Gasteiger partial charge in [0.15, 0.2) is 0 Å². The fourth-order valence-corrected chi connectivity index (χ4v) is 4.30. The van der Waals surface area contributed by atoms with E-state index in [1.165, 1.54) is 0 Å². The summed E-state index contributed by atoms with van der Waals surface area (Å²) in [6, 6.07) is 21.9. The molecule has 1 N–H and O–H groups in total. The van der Waals surface area contributed by atoms with Gasteiger partial charge in [-0.1, -0.05) is 47.1 Å². The van der Waals surface area contributed by atoms with Gasteiger partial charge in [0.05, 0.1) is 24.4 Å². The van der Waals surface area contributed by atoms with Crippen LogP contribution < -0.4 is 15.0 Å². The Morgan fingerprint density at radius 3 is 2.46 bits per heavy atom. The largest absolute Gasteiger partial charge is 0.497 e. The van der Waals surface area contributed by atoms with Crippen molar-refractivity contribution >= 4 is 28.9 Å². The average molecular weight is 487 g/mol. The minimum atomic E-state index is -0.461. The van der Waals surface area contributed by atoms with Gasteiger partial charge >= 0.3 is 6.03 Å². The van der Waals surface area contributed by atoms with E-state index in [0.717, 1.165) is 28.0 Å². The van der Waals surface area contributed by atoms with E-state index >= 15 is 0 Å². The molecule has 2 amide bonds. The number of carbonyl (C=O) groups excluding carboxylic acids is 1. The number of anilines is 1. The van der Waals surface area contributed by atoms with Crippen molar-refractivity contribution in [2.45, 2.75) is 19.9 Å². The molecule has 2 heterocycles. The minimum Gasteiger partial charge on any atom is -0.497 e. The zero-order chi connectivity index (χ0) is 24.5. The van der Waals surface area contributed by atoms with Crippen LogP contribution in [0, 0.1) is 6.92 Å². The third kappa shape index (κ3) is 4.26. The molecule has 0 saturated heterocycles. The van der Waals surface area contributed by atoms with E-state index in [0.29, 0.717) is 28.1 Å². The number of hydrogen-bond donors (Lipinski definition) is 1. The van der Waals surface area contributed by atoms with E-state index in [9.17, 15) is 4.79 Å². The number of nitrogens with one attached hydrogen (secondary N) is 1. The second-order valence-electron chi connectivity index (χ2n) is 8.21. The quantitative estimate of drug-likeness (QED) is 0.352. The topological polar surface area (TPSA) is 80.5 Å². The van der Waals surface area contributed by atoms with Crippen molar-refractivity contribution in [3.05, 3.63) is 101 Å². The van der Waals surface area contributed by atoms with E-state index in [1.807, 2.05) is 80.6 Å². The first kappa shape index (κ1) is 22.7. The van der Waals surface area contributed by atoms with Crippen LogP contribution >= 0.6 is 11.6 Å². The molecule has 1 aromatic heterocycles. The molecule has 1 atom stereocenters. The minimum absolute atomic E-state index is 0.253. The first-order valence-corrected chi connectivity index (χ1v) is 11.4. The van der Waals surface area contributed by atoms with Crippen molar-refractivity contribution in [3.8, 4) is 17.1 Å². The predicted octanol–water partition coefficient (Wildman–Crippen LogP) is 6.41. The molecule has 0 bridgehead atoms. The molecule has 176 valence electrons. The van der Waals surface area contributed by atoms with Gasteiger partial charge in [-0.25, -0.2) is 4.79 Å². The molecule has 5 rings (SSSR count). The Hall–Kier alpha value is -4.10. The van der Waals surface area contributed by atoms with E-state index in [4.69, 9.17) is 25.8 Å². The molecule has 0 radical (unpaired) electrons. The summed E-state index contributed by atoms with van der Waals surface area (Å²) in [6.45, 7) is 3.78. The SMILES string of the molecule is COc1ccc(-c2noc(C3=C(C)N(c4ccc(Cl)c(C)c4)C(=O)NC3c3ccccc3)n2)cc1. The molecule has 8 heteroatoms. The highest BCUT2D eigenvalue weighted by molar-refractivity contribution is 6.31. The molecular formula is C27H23ClN4O3. The number of amides is 2. The second kappa shape index (κ2) is 9.27. The lowest BCUT2D eigenvalue weighted by Crippen LogP contribution is -2.46. The van der Waals surface area contributed by atoms with Gasteiger partial charge in [0.2, 0.25) is 5.82 Å². The Bertz CT molecular complexity index is 1410. The van der Waals surface area contributed by atoms with Gasteiger partial charge in [0, 0.05) is 16.3 Å². The summed E-state index contributed by atoms with van der Waals surface area (Å²) in [4.78, 5) is 19.6. The van der Waals surface area contributed by atoms with E-state index in [2.05, 4.69) is 10.5 Å². The van der Waals surface area contributed by atoms with Crippen LogP contribution in [0.1, 0.15) is 30.0 Å². The molecule has 4 aromatic rings. The number of hydrogen-bond acceptors (Lipinski definition) is 5. The van der Waals surface area contributed by atoms with Gasteiger partial charge in [-0.15, -0.1) is 0 Å². The summed E-state index contributed by atoms with van der Waals surface area (Å²) >= 11 is 6.23. The number of aromatic nitrogens is 2. The number of methoxy groups -OCH3 is 1. The summed E-state index contributed by atoms with van der Waals surface area (Å²) in [6.07, 6.45) is 0. The maximum atomic E-state index is 13.3. The van der Waals surface area contributed by atoms with Crippen molar-refractivity contribution in [2.24, 2.45) is 0 Å². The predicted molar refractivity (Wildman–Crippen MR) is 135 cm³/mol. The number of urea groups is 1. The average Bonchev–Trinajstić information content (AvgIpc) is 3.36. The Morgan fingerprint density at radius 1 is 1.03 bits per heavy atom. The first-order chi connectivity index (χ1) is 17.0. The third-order valence-electron chi connectivity index (χ3n) is 6.02. The summed E-state index contributed by atoms with van der Waals surface area (Å²) in [7, 11) is 1.62. The van der Waals surface area contributed by atoms with Crippen LogP contribution in [-0.4, -0.2) is 23.3 Å². The van der Waals surface area contributed by atoms with Gasteiger partial charge in [0.25, 0.3) is 5.89 Å². The summed E-state index contributed by atoms with van der Waals surface area (Å²) in [5, 5.41) is 7.96.